The van der Waals surface area contributed by atoms with Gasteiger partial charge in [-0.1, -0.05) is 0 Å². The van der Waals surface area contributed by atoms with Gasteiger partial charge in [-0.05, 0) is 25.7 Å². The third-order valence-electron chi connectivity index (χ3n) is 4.31. The first-order valence-corrected chi connectivity index (χ1v) is 8.49. The van der Waals surface area contributed by atoms with Gasteiger partial charge in [0.15, 0.2) is 0 Å². The quantitative estimate of drug-likeness (QED) is 0.704. The Morgan fingerprint density at radius 1 is 0.905 bits per heavy atom. The van der Waals surface area contributed by atoms with E-state index < -0.39 is 22.1 Å². The number of rotatable bonds is 4. The SMILES string of the molecule is NC(=O)C1CCN(S(=O)(=O)N2CCC(C(=O)O)CC2)CC1. The summed E-state index contributed by atoms with van der Waals surface area (Å²) in [7, 11) is -3.56. The highest BCUT2D eigenvalue weighted by Crippen LogP contribution is 2.25. The third kappa shape index (κ3) is 3.53. The molecule has 1 amide bonds. The summed E-state index contributed by atoms with van der Waals surface area (Å²) in [6.07, 6.45) is 1.57. The molecule has 2 rings (SSSR count). The topological polar surface area (TPSA) is 121 Å². The molecule has 2 heterocycles. The van der Waals surface area contributed by atoms with Crippen molar-refractivity contribution in [1.82, 2.24) is 8.61 Å². The molecule has 0 unspecified atom stereocenters. The Hall–Kier alpha value is -1.19. The summed E-state index contributed by atoms with van der Waals surface area (Å²) < 4.78 is 27.7. The van der Waals surface area contributed by atoms with Crippen molar-refractivity contribution >= 4 is 22.1 Å². The molecule has 2 aliphatic heterocycles. The fraction of sp³-hybridized carbons (Fsp3) is 0.833. The monoisotopic (exact) mass is 319 g/mol. The molecule has 2 saturated heterocycles. The molecule has 0 aromatic carbocycles. The van der Waals surface area contributed by atoms with Crippen LogP contribution in [0.4, 0.5) is 0 Å². The fourth-order valence-corrected chi connectivity index (χ4v) is 4.54. The lowest BCUT2D eigenvalue weighted by atomic mass is 9.98. The van der Waals surface area contributed by atoms with Crippen molar-refractivity contribution in [3.8, 4) is 0 Å². The van der Waals surface area contributed by atoms with Crippen molar-refractivity contribution < 1.29 is 23.1 Å². The van der Waals surface area contributed by atoms with Crippen molar-refractivity contribution in [2.45, 2.75) is 25.7 Å². The third-order valence-corrected chi connectivity index (χ3v) is 6.35. The molecule has 0 atom stereocenters. The standard InChI is InChI=1S/C12H21N3O5S/c13-11(16)9-1-5-14(6-2-9)21(19,20)15-7-3-10(4-8-15)12(17)18/h9-10H,1-8H2,(H2,13,16)(H,17,18). The lowest BCUT2D eigenvalue weighted by Gasteiger charge is -2.36. The number of nitrogens with zero attached hydrogens (tertiary/aromatic N) is 2. The van der Waals surface area contributed by atoms with Crippen LogP contribution in [0.2, 0.25) is 0 Å². The number of carboxylic acids is 1. The van der Waals surface area contributed by atoms with E-state index in [1.54, 1.807) is 0 Å². The molecular weight excluding hydrogens is 298 g/mol. The Balaban J connectivity index is 1.94. The van der Waals surface area contributed by atoms with Gasteiger partial charge in [-0.15, -0.1) is 0 Å². The zero-order valence-electron chi connectivity index (χ0n) is 11.8. The second-order valence-corrected chi connectivity index (χ2v) is 7.52. The zero-order valence-corrected chi connectivity index (χ0v) is 12.6. The maximum atomic E-state index is 12.5. The van der Waals surface area contributed by atoms with Crippen LogP contribution in [0, 0.1) is 11.8 Å². The lowest BCUT2D eigenvalue weighted by molar-refractivity contribution is -0.143. The maximum absolute atomic E-state index is 12.5. The minimum Gasteiger partial charge on any atom is -0.481 e. The minimum atomic E-state index is -3.56. The second kappa shape index (κ2) is 6.29. The van der Waals surface area contributed by atoms with Crippen LogP contribution in [0.1, 0.15) is 25.7 Å². The number of nitrogens with two attached hydrogens (primary N) is 1. The van der Waals surface area contributed by atoms with Crippen LogP contribution < -0.4 is 5.73 Å². The van der Waals surface area contributed by atoms with Crippen molar-refractivity contribution in [3.63, 3.8) is 0 Å². The first-order chi connectivity index (χ1) is 9.82. The Bertz CT molecular complexity index is 465. The fourth-order valence-electron chi connectivity index (χ4n) is 2.87. The molecule has 0 radical (unpaired) electrons. The summed E-state index contributed by atoms with van der Waals surface area (Å²) >= 11 is 0. The maximum Gasteiger partial charge on any atom is 0.306 e. The molecule has 0 saturated carbocycles. The summed E-state index contributed by atoms with van der Waals surface area (Å²) in [5.74, 6) is -1.96. The van der Waals surface area contributed by atoms with Gasteiger partial charge in [-0.3, -0.25) is 9.59 Å². The van der Waals surface area contributed by atoms with Gasteiger partial charge in [0.1, 0.15) is 0 Å². The number of aliphatic carboxylic acids is 1. The van der Waals surface area contributed by atoms with E-state index in [0.29, 0.717) is 25.7 Å². The van der Waals surface area contributed by atoms with Crippen LogP contribution in [0.15, 0.2) is 0 Å². The first-order valence-electron chi connectivity index (χ1n) is 7.09. The molecule has 0 aliphatic carbocycles. The number of carbonyl (C=O) groups excluding carboxylic acids is 1. The van der Waals surface area contributed by atoms with E-state index in [-0.39, 0.29) is 38.0 Å². The Morgan fingerprint density at radius 2 is 1.29 bits per heavy atom. The summed E-state index contributed by atoms with van der Waals surface area (Å²) in [4.78, 5) is 22.0. The Morgan fingerprint density at radius 3 is 1.62 bits per heavy atom. The number of hydrogen-bond acceptors (Lipinski definition) is 4. The number of amides is 1. The van der Waals surface area contributed by atoms with Gasteiger partial charge in [0.05, 0.1) is 5.92 Å². The predicted octanol–water partition coefficient (Wildman–Crippen LogP) is -0.775. The molecular formula is C12H21N3O5S. The van der Waals surface area contributed by atoms with E-state index in [1.165, 1.54) is 8.61 Å². The highest BCUT2D eigenvalue weighted by atomic mass is 32.2. The van der Waals surface area contributed by atoms with Crippen molar-refractivity contribution in [2.75, 3.05) is 26.2 Å². The van der Waals surface area contributed by atoms with Gasteiger partial charge in [0, 0.05) is 32.1 Å². The number of piperidine rings is 2. The average molecular weight is 319 g/mol. The molecule has 0 aromatic heterocycles. The van der Waals surface area contributed by atoms with E-state index in [2.05, 4.69) is 0 Å². The Kier molecular flexibility index (Phi) is 4.84. The molecule has 0 spiro atoms. The van der Waals surface area contributed by atoms with Crippen molar-refractivity contribution in [3.05, 3.63) is 0 Å². The summed E-state index contributed by atoms with van der Waals surface area (Å²) in [5, 5.41) is 8.94. The van der Waals surface area contributed by atoms with Gasteiger partial charge >= 0.3 is 5.97 Å². The van der Waals surface area contributed by atoms with Gasteiger partial charge in [-0.25, -0.2) is 0 Å². The molecule has 21 heavy (non-hydrogen) atoms. The van der Waals surface area contributed by atoms with Crippen LogP contribution in [0.3, 0.4) is 0 Å². The Labute approximate surface area is 124 Å². The van der Waals surface area contributed by atoms with Gasteiger partial charge < -0.3 is 10.8 Å². The van der Waals surface area contributed by atoms with Crippen LogP contribution in [-0.4, -0.2) is 60.2 Å². The summed E-state index contributed by atoms with van der Waals surface area (Å²) in [6, 6.07) is 0. The smallest absolute Gasteiger partial charge is 0.306 e. The molecule has 2 fully saturated rings. The molecule has 3 N–H and O–H groups in total. The predicted molar refractivity (Wildman–Crippen MR) is 74.3 cm³/mol. The number of primary amides is 1. The molecule has 8 nitrogen and oxygen atoms in total. The van der Waals surface area contributed by atoms with Crippen LogP contribution >= 0.6 is 0 Å². The van der Waals surface area contributed by atoms with Gasteiger partial charge in [-0.2, -0.15) is 17.0 Å². The van der Waals surface area contributed by atoms with Crippen molar-refractivity contribution in [2.24, 2.45) is 17.6 Å². The van der Waals surface area contributed by atoms with E-state index in [0.717, 1.165) is 0 Å². The van der Waals surface area contributed by atoms with E-state index >= 15 is 0 Å². The largest absolute Gasteiger partial charge is 0.481 e. The average Bonchev–Trinajstić information content (AvgIpc) is 2.47. The van der Waals surface area contributed by atoms with E-state index in [4.69, 9.17) is 10.8 Å². The number of carboxylic acid groups (broad SMARTS) is 1. The highest BCUT2D eigenvalue weighted by molar-refractivity contribution is 7.86. The molecule has 120 valence electrons. The summed E-state index contributed by atoms with van der Waals surface area (Å²) in [5.41, 5.74) is 5.24. The number of carbonyl (C=O) groups is 2. The lowest BCUT2D eigenvalue weighted by Crippen LogP contribution is -2.50. The molecule has 2 aliphatic rings. The van der Waals surface area contributed by atoms with E-state index in [9.17, 15) is 18.0 Å². The van der Waals surface area contributed by atoms with Crippen LogP contribution in [0.5, 0.6) is 0 Å². The zero-order chi connectivity index (χ0) is 15.6. The van der Waals surface area contributed by atoms with Crippen LogP contribution in [0.25, 0.3) is 0 Å². The molecule has 0 bridgehead atoms. The second-order valence-electron chi connectivity index (χ2n) is 5.60. The first kappa shape index (κ1) is 16.2. The summed E-state index contributed by atoms with van der Waals surface area (Å²) in [6.45, 7) is 1.04. The highest BCUT2D eigenvalue weighted by Gasteiger charge is 2.37. The van der Waals surface area contributed by atoms with Crippen LogP contribution in [-0.2, 0) is 19.8 Å². The number of hydrogen-bond donors (Lipinski definition) is 2. The molecule has 9 heteroatoms. The van der Waals surface area contributed by atoms with Gasteiger partial charge in [0.25, 0.3) is 10.2 Å². The van der Waals surface area contributed by atoms with Crippen molar-refractivity contribution in [1.29, 1.82) is 0 Å². The molecule has 0 aromatic rings. The van der Waals surface area contributed by atoms with Gasteiger partial charge in [0.2, 0.25) is 5.91 Å². The van der Waals surface area contributed by atoms with E-state index in [1.807, 2.05) is 0 Å². The minimum absolute atomic E-state index is 0.231. The normalized spacial score (nSPS) is 24.0.